The zero-order chi connectivity index (χ0) is 18.5. The number of benzene rings is 1. The van der Waals surface area contributed by atoms with Crippen molar-refractivity contribution in [3.63, 3.8) is 0 Å². The zero-order valence-corrected chi connectivity index (χ0v) is 15.4. The predicted octanol–water partition coefficient (Wildman–Crippen LogP) is 2.90. The molecule has 0 spiro atoms. The molecule has 0 amide bonds. The summed E-state index contributed by atoms with van der Waals surface area (Å²) in [6.45, 7) is 2.90. The number of fused-ring (bicyclic) bond motifs is 2. The number of hydrogen-bond acceptors (Lipinski definition) is 3. The highest BCUT2D eigenvalue weighted by Gasteiger charge is 2.28. The summed E-state index contributed by atoms with van der Waals surface area (Å²) in [4.78, 5) is 13.3. The van der Waals surface area contributed by atoms with E-state index in [2.05, 4.69) is 29.1 Å². The first-order valence-corrected chi connectivity index (χ1v) is 9.64. The van der Waals surface area contributed by atoms with Gasteiger partial charge in [-0.25, -0.2) is 0 Å². The van der Waals surface area contributed by atoms with E-state index in [1.165, 1.54) is 5.69 Å². The van der Waals surface area contributed by atoms with Crippen molar-refractivity contribution < 1.29 is 0 Å². The Morgan fingerprint density at radius 3 is 2.85 bits per heavy atom. The SMILES string of the molecule is C[C@H](N)c1cc2cccc(C#Cc3cc4n(n3)CCC4)c2c(=O)n1C1CC1. The number of nitrogens with two attached hydrogens (primary N) is 1. The van der Waals surface area contributed by atoms with Crippen LogP contribution in [-0.4, -0.2) is 14.3 Å². The molecule has 1 aliphatic carbocycles. The van der Waals surface area contributed by atoms with Gasteiger partial charge in [-0.3, -0.25) is 9.48 Å². The van der Waals surface area contributed by atoms with E-state index < -0.39 is 0 Å². The lowest BCUT2D eigenvalue weighted by molar-refractivity contribution is 0.620. The van der Waals surface area contributed by atoms with Crippen molar-refractivity contribution in [2.75, 3.05) is 0 Å². The van der Waals surface area contributed by atoms with Crippen molar-refractivity contribution in [2.45, 2.75) is 51.2 Å². The minimum Gasteiger partial charge on any atom is -0.323 e. The van der Waals surface area contributed by atoms with E-state index in [0.29, 0.717) is 5.39 Å². The van der Waals surface area contributed by atoms with Crippen molar-refractivity contribution in [3.05, 3.63) is 63.3 Å². The average molecular weight is 358 g/mol. The van der Waals surface area contributed by atoms with E-state index in [0.717, 1.165) is 54.6 Å². The van der Waals surface area contributed by atoms with Crippen LogP contribution in [0.15, 0.2) is 35.1 Å². The van der Waals surface area contributed by atoms with Crippen LogP contribution in [0.2, 0.25) is 0 Å². The molecule has 1 fully saturated rings. The highest BCUT2D eigenvalue weighted by Crippen LogP contribution is 2.36. The molecule has 5 heteroatoms. The van der Waals surface area contributed by atoms with Crippen LogP contribution in [0, 0.1) is 11.8 Å². The molecule has 2 aromatic heterocycles. The fourth-order valence-corrected chi connectivity index (χ4v) is 4.01. The molecule has 0 unspecified atom stereocenters. The topological polar surface area (TPSA) is 65.8 Å². The Kier molecular flexibility index (Phi) is 3.70. The lowest BCUT2D eigenvalue weighted by atomic mass is 10.0. The van der Waals surface area contributed by atoms with Crippen molar-refractivity contribution in [2.24, 2.45) is 5.73 Å². The lowest BCUT2D eigenvalue weighted by Gasteiger charge is -2.17. The second-order valence-electron chi connectivity index (χ2n) is 7.63. The van der Waals surface area contributed by atoms with Gasteiger partial charge in [0.25, 0.3) is 5.56 Å². The molecule has 5 nitrogen and oxygen atoms in total. The Morgan fingerprint density at radius 1 is 1.26 bits per heavy atom. The molecule has 0 radical (unpaired) electrons. The van der Waals surface area contributed by atoms with E-state index in [1.807, 2.05) is 34.4 Å². The number of aromatic nitrogens is 3. The Morgan fingerprint density at radius 2 is 2.11 bits per heavy atom. The average Bonchev–Trinajstić information content (AvgIpc) is 3.26. The first-order valence-electron chi connectivity index (χ1n) is 9.64. The molecule has 0 saturated heterocycles. The molecule has 3 heterocycles. The highest BCUT2D eigenvalue weighted by atomic mass is 16.1. The van der Waals surface area contributed by atoms with Gasteiger partial charge in [0.05, 0.1) is 5.39 Å². The van der Waals surface area contributed by atoms with Gasteiger partial charge in [0, 0.05) is 35.6 Å². The van der Waals surface area contributed by atoms with Crippen LogP contribution >= 0.6 is 0 Å². The maximum Gasteiger partial charge on any atom is 0.260 e. The number of nitrogens with zero attached hydrogens (tertiary/aromatic N) is 3. The van der Waals surface area contributed by atoms with Crippen LogP contribution in [0.5, 0.6) is 0 Å². The maximum absolute atomic E-state index is 13.3. The molecular weight excluding hydrogens is 336 g/mol. The van der Waals surface area contributed by atoms with Crippen molar-refractivity contribution in [1.82, 2.24) is 14.3 Å². The molecule has 5 rings (SSSR count). The monoisotopic (exact) mass is 358 g/mol. The second-order valence-corrected chi connectivity index (χ2v) is 7.63. The number of rotatable bonds is 2. The smallest absolute Gasteiger partial charge is 0.260 e. The summed E-state index contributed by atoms with van der Waals surface area (Å²) in [5.74, 6) is 6.35. The molecule has 0 bridgehead atoms. The zero-order valence-electron chi connectivity index (χ0n) is 15.4. The minimum absolute atomic E-state index is 0.0273. The van der Waals surface area contributed by atoms with Crippen LogP contribution in [-0.2, 0) is 13.0 Å². The van der Waals surface area contributed by atoms with Gasteiger partial charge in [-0.2, -0.15) is 5.10 Å². The molecule has 1 atom stereocenters. The van der Waals surface area contributed by atoms with Gasteiger partial charge in [0.15, 0.2) is 0 Å². The summed E-state index contributed by atoms with van der Waals surface area (Å²) in [6, 6.07) is 10.0. The summed E-state index contributed by atoms with van der Waals surface area (Å²) in [5, 5.41) is 6.14. The predicted molar refractivity (Wildman–Crippen MR) is 106 cm³/mol. The molecule has 2 aliphatic rings. The molecule has 3 aromatic rings. The fraction of sp³-hybridized carbons (Fsp3) is 0.364. The molecule has 136 valence electrons. The van der Waals surface area contributed by atoms with Gasteiger partial charge in [0.2, 0.25) is 0 Å². The Balaban J connectivity index is 1.66. The van der Waals surface area contributed by atoms with Gasteiger partial charge >= 0.3 is 0 Å². The summed E-state index contributed by atoms with van der Waals surface area (Å²) in [5.41, 5.74) is 9.87. The van der Waals surface area contributed by atoms with Gasteiger partial charge in [-0.15, -0.1) is 0 Å². The van der Waals surface area contributed by atoms with Gasteiger partial charge < -0.3 is 10.3 Å². The van der Waals surface area contributed by atoms with Gasteiger partial charge in [-0.1, -0.05) is 18.1 Å². The fourth-order valence-electron chi connectivity index (χ4n) is 4.01. The first-order chi connectivity index (χ1) is 13.1. The third-order valence-corrected chi connectivity index (χ3v) is 5.48. The van der Waals surface area contributed by atoms with Gasteiger partial charge in [-0.05, 0) is 62.1 Å². The van der Waals surface area contributed by atoms with Crippen LogP contribution < -0.4 is 11.3 Å². The van der Waals surface area contributed by atoms with E-state index >= 15 is 0 Å². The molecule has 1 aliphatic heterocycles. The first kappa shape index (κ1) is 16.3. The molecule has 2 N–H and O–H groups in total. The van der Waals surface area contributed by atoms with Crippen LogP contribution in [0.3, 0.4) is 0 Å². The Labute approximate surface area is 157 Å². The second kappa shape index (κ2) is 6.11. The number of aryl methyl sites for hydroxylation is 2. The van der Waals surface area contributed by atoms with E-state index in [-0.39, 0.29) is 17.6 Å². The molecule has 27 heavy (non-hydrogen) atoms. The van der Waals surface area contributed by atoms with Gasteiger partial charge in [0.1, 0.15) is 5.69 Å². The van der Waals surface area contributed by atoms with E-state index in [9.17, 15) is 4.79 Å². The van der Waals surface area contributed by atoms with Crippen molar-refractivity contribution >= 4 is 10.8 Å². The van der Waals surface area contributed by atoms with Crippen LogP contribution in [0.1, 0.15) is 60.9 Å². The number of hydrogen-bond donors (Lipinski definition) is 1. The van der Waals surface area contributed by atoms with E-state index in [1.54, 1.807) is 0 Å². The summed E-state index contributed by atoms with van der Waals surface area (Å²) in [6.07, 6.45) is 4.30. The minimum atomic E-state index is -0.176. The van der Waals surface area contributed by atoms with E-state index in [4.69, 9.17) is 5.73 Å². The summed E-state index contributed by atoms with van der Waals surface area (Å²) in [7, 11) is 0. The standard InChI is InChI=1S/C22H22N4O/c1-14(23)20-12-16-5-2-4-15(21(16)22(27)26(20)18-9-10-18)7-8-17-13-19-6-3-11-25(19)24-17/h2,4-5,12-14,18H,3,6,9-11,23H2,1H3/t14-/m0/s1. The van der Waals surface area contributed by atoms with Crippen LogP contribution in [0.25, 0.3) is 10.8 Å². The normalized spacial score (nSPS) is 16.8. The summed E-state index contributed by atoms with van der Waals surface area (Å²) >= 11 is 0. The Hall–Kier alpha value is -2.84. The quantitative estimate of drug-likeness (QED) is 0.717. The highest BCUT2D eigenvalue weighted by molar-refractivity contribution is 5.88. The third kappa shape index (κ3) is 2.77. The molecule has 1 saturated carbocycles. The van der Waals surface area contributed by atoms with Crippen LogP contribution in [0.4, 0.5) is 0 Å². The lowest BCUT2D eigenvalue weighted by Crippen LogP contribution is -2.26. The molecule has 1 aromatic carbocycles. The maximum atomic E-state index is 13.3. The van der Waals surface area contributed by atoms with Crippen molar-refractivity contribution in [1.29, 1.82) is 0 Å². The summed E-state index contributed by atoms with van der Waals surface area (Å²) < 4.78 is 3.92. The van der Waals surface area contributed by atoms with Crippen molar-refractivity contribution in [3.8, 4) is 11.8 Å². The largest absolute Gasteiger partial charge is 0.323 e. The molecular formula is C22H22N4O. The third-order valence-electron chi connectivity index (χ3n) is 5.48. The Bertz CT molecular complexity index is 1150. The number of pyridine rings is 1.